The number of aromatic nitrogens is 3. The molecule has 19 heavy (non-hydrogen) atoms. The number of nitrogens with two attached hydrogens (primary N) is 1. The molecule has 0 bridgehead atoms. The molecule has 0 unspecified atom stereocenters. The van der Waals surface area contributed by atoms with E-state index in [0.717, 1.165) is 15.8 Å². The lowest BCUT2D eigenvalue weighted by molar-refractivity contribution is 0.127. The van der Waals surface area contributed by atoms with Gasteiger partial charge in [0.15, 0.2) is 0 Å². The summed E-state index contributed by atoms with van der Waals surface area (Å²) < 4.78 is 6.10. The summed E-state index contributed by atoms with van der Waals surface area (Å²) in [4.78, 5) is 8.49. The van der Waals surface area contributed by atoms with Crippen molar-refractivity contribution in [3.05, 3.63) is 29.6 Å². The molecule has 0 spiro atoms. The van der Waals surface area contributed by atoms with Crippen molar-refractivity contribution in [1.82, 2.24) is 15.1 Å². The van der Waals surface area contributed by atoms with Gasteiger partial charge in [0.2, 0.25) is 5.82 Å². The summed E-state index contributed by atoms with van der Waals surface area (Å²) in [7, 11) is 0. The van der Waals surface area contributed by atoms with Gasteiger partial charge in [-0.15, -0.1) is 11.3 Å². The summed E-state index contributed by atoms with van der Waals surface area (Å²) in [6, 6.07) is 3.91. The first-order chi connectivity index (χ1) is 9.28. The first-order valence-corrected chi connectivity index (χ1v) is 6.71. The minimum Gasteiger partial charge on any atom is -0.383 e. The highest BCUT2D eigenvalue weighted by Crippen LogP contribution is 2.25. The smallest absolute Gasteiger partial charge is 0.255 e. The quantitative estimate of drug-likeness (QED) is 0.753. The molecule has 0 aromatic carbocycles. The second-order valence-corrected chi connectivity index (χ2v) is 5.03. The van der Waals surface area contributed by atoms with Gasteiger partial charge in [0.25, 0.3) is 5.89 Å². The van der Waals surface area contributed by atoms with Gasteiger partial charge in [0, 0.05) is 11.8 Å². The van der Waals surface area contributed by atoms with Gasteiger partial charge in [0.1, 0.15) is 6.10 Å². The summed E-state index contributed by atoms with van der Waals surface area (Å²) in [5.74, 6) is 0.612. The van der Waals surface area contributed by atoms with Crippen molar-refractivity contribution in [2.75, 3.05) is 6.54 Å². The van der Waals surface area contributed by atoms with E-state index in [1.54, 1.807) is 17.5 Å². The van der Waals surface area contributed by atoms with E-state index in [1.807, 2.05) is 17.5 Å². The van der Waals surface area contributed by atoms with Crippen LogP contribution in [0.4, 0.5) is 0 Å². The maximum absolute atomic E-state index is 9.73. The fourth-order valence-electron chi connectivity index (χ4n) is 1.74. The zero-order chi connectivity index (χ0) is 13.2. The molecule has 0 radical (unpaired) electrons. The van der Waals surface area contributed by atoms with Crippen molar-refractivity contribution >= 4 is 21.6 Å². The van der Waals surface area contributed by atoms with Crippen LogP contribution in [0.5, 0.6) is 0 Å². The molecule has 0 aliphatic rings. The first kappa shape index (κ1) is 12.2. The number of hydrogen-bond acceptors (Lipinski definition) is 7. The van der Waals surface area contributed by atoms with Gasteiger partial charge < -0.3 is 15.4 Å². The van der Waals surface area contributed by atoms with E-state index in [-0.39, 0.29) is 5.89 Å². The Kier molecular flexibility index (Phi) is 3.24. The molecule has 3 N–H and O–H groups in total. The maximum atomic E-state index is 9.73. The molecule has 7 heteroatoms. The van der Waals surface area contributed by atoms with Crippen LogP contribution >= 0.6 is 11.3 Å². The molecule has 3 heterocycles. The van der Waals surface area contributed by atoms with Crippen LogP contribution < -0.4 is 5.73 Å². The van der Waals surface area contributed by atoms with Crippen molar-refractivity contribution in [1.29, 1.82) is 0 Å². The maximum Gasteiger partial charge on any atom is 0.255 e. The molecule has 0 amide bonds. The number of nitrogens with zero attached hydrogens (tertiary/aromatic N) is 3. The summed E-state index contributed by atoms with van der Waals surface area (Å²) in [5, 5.41) is 15.6. The summed E-state index contributed by atoms with van der Waals surface area (Å²) in [6.45, 7) is 0.363. The van der Waals surface area contributed by atoms with Crippen molar-refractivity contribution in [2.24, 2.45) is 5.73 Å². The lowest BCUT2D eigenvalue weighted by atomic mass is 10.2. The average Bonchev–Trinajstić information content (AvgIpc) is 3.07. The van der Waals surface area contributed by atoms with Crippen LogP contribution in [0.3, 0.4) is 0 Å². The van der Waals surface area contributed by atoms with Gasteiger partial charge >= 0.3 is 0 Å². The number of hydrogen-bond donors (Lipinski definition) is 2. The van der Waals surface area contributed by atoms with Crippen LogP contribution in [-0.2, 0) is 0 Å². The molecule has 3 rings (SSSR count). The third kappa shape index (κ3) is 2.35. The van der Waals surface area contributed by atoms with Crippen LogP contribution in [0.15, 0.2) is 28.2 Å². The molecule has 3 aromatic heterocycles. The van der Waals surface area contributed by atoms with Crippen molar-refractivity contribution in [2.45, 2.75) is 12.5 Å². The molecule has 3 aromatic rings. The number of thiophene rings is 1. The predicted molar refractivity (Wildman–Crippen MR) is 71.5 cm³/mol. The van der Waals surface area contributed by atoms with Gasteiger partial charge in [-0.3, -0.25) is 4.98 Å². The van der Waals surface area contributed by atoms with Crippen molar-refractivity contribution in [3.8, 4) is 11.4 Å². The largest absolute Gasteiger partial charge is 0.383 e. The van der Waals surface area contributed by atoms with E-state index in [9.17, 15) is 5.11 Å². The van der Waals surface area contributed by atoms with Gasteiger partial charge in [-0.2, -0.15) is 4.98 Å². The Labute approximate surface area is 112 Å². The molecule has 0 fully saturated rings. The highest BCUT2D eigenvalue weighted by atomic mass is 32.1. The van der Waals surface area contributed by atoms with Gasteiger partial charge in [-0.25, -0.2) is 0 Å². The number of aliphatic hydroxyl groups excluding tert-OH is 1. The topological polar surface area (TPSA) is 98.1 Å². The SMILES string of the molecule is NCC[C@H](O)c1nc(-c2cnc3ccsc3c2)no1. The highest BCUT2D eigenvalue weighted by Gasteiger charge is 2.16. The number of rotatable bonds is 4. The molecule has 0 aliphatic heterocycles. The Hall–Kier alpha value is -1.83. The van der Waals surface area contributed by atoms with Crippen molar-refractivity contribution in [3.63, 3.8) is 0 Å². The number of aliphatic hydroxyl groups is 1. The lowest BCUT2D eigenvalue weighted by Gasteiger charge is -2.00. The van der Waals surface area contributed by atoms with Gasteiger partial charge in [-0.05, 0) is 30.5 Å². The fraction of sp³-hybridized carbons (Fsp3) is 0.250. The second-order valence-electron chi connectivity index (χ2n) is 4.08. The minimum absolute atomic E-state index is 0.187. The summed E-state index contributed by atoms with van der Waals surface area (Å²) in [5.41, 5.74) is 7.09. The zero-order valence-corrected chi connectivity index (χ0v) is 10.8. The Balaban J connectivity index is 1.93. The minimum atomic E-state index is -0.815. The van der Waals surface area contributed by atoms with E-state index in [4.69, 9.17) is 10.3 Å². The van der Waals surface area contributed by atoms with Gasteiger partial charge in [0.05, 0.1) is 10.2 Å². The van der Waals surface area contributed by atoms with E-state index in [2.05, 4.69) is 15.1 Å². The molecule has 98 valence electrons. The van der Waals surface area contributed by atoms with Crippen molar-refractivity contribution < 1.29 is 9.63 Å². The first-order valence-electron chi connectivity index (χ1n) is 5.83. The predicted octanol–water partition coefficient (Wildman–Crippen LogP) is 1.73. The van der Waals surface area contributed by atoms with E-state index in [1.165, 1.54) is 0 Å². The third-order valence-corrected chi connectivity index (χ3v) is 3.58. The van der Waals surface area contributed by atoms with Crippen LogP contribution in [-0.4, -0.2) is 26.8 Å². The summed E-state index contributed by atoms with van der Waals surface area (Å²) in [6.07, 6.45) is 1.27. The van der Waals surface area contributed by atoms with Crippen LogP contribution in [0.2, 0.25) is 0 Å². The molecule has 0 saturated heterocycles. The third-order valence-electron chi connectivity index (χ3n) is 2.73. The fourth-order valence-corrected chi connectivity index (χ4v) is 2.52. The Morgan fingerprint density at radius 2 is 2.37 bits per heavy atom. The number of fused-ring (bicyclic) bond motifs is 1. The Morgan fingerprint density at radius 3 is 3.21 bits per heavy atom. The molecular formula is C12H12N4O2S. The standard InChI is InChI=1S/C12H12N4O2S/c13-3-1-9(17)12-15-11(16-18-12)7-5-10-8(14-6-7)2-4-19-10/h2,4-6,9,17H,1,3,13H2/t9-/m0/s1. The summed E-state index contributed by atoms with van der Waals surface area (Å²) >= 11 is 1.60. The van der Waals surface area contributed by atoms with Crippen LogP contribution in [0, 0.1) is 0 Å². The number of pyridine rings is 1. The monoisotopic (exact) mass is 276 g/mol. The molecular weight excluding hydrogens is 264 g/mol. The van der Waals surface area contributed by atoms with Crippen LogP contribution in [0.25, 0.3) is 21.6 Å². The van der Waals surface area contributed by atoms with Gasteiger partial charge in [-0.1, -0.05) is 5.16 Å². The average molecular weight is 276 g/mol. The highest BCUT2D eigenvalue weighted by molar-refractivity contribution is 7.17. The zero-order valence-electron chi connectivity index (χ0n) is 9.98. The normalized spacial score (nSPS) is 12.9. The Bertz CT molecular complexity index is 694. The second kappa shape index (κ2) is 5.04. The van der Waals surface area contributed by atoms with E-state index < -0.39 is 6.10 Å². The van der Waals surface area contributed by atoms with E-state index in [0.29, 0.717) is 18.8 Å². The lowest BCUT2D eigenvalue weighted by Crippen LogP contribution is -2.06. The molecule has 1 atom stereocenters. The van der Waals surface area contributed by atoms with Crippen LogP contribution in [0.1, 0.15) is 18.4 Å². The Morgan fingerprint density at radius 1 is 1.47 bits per heavy atom. The van der Waals surface area contributed by atoms with E-state index >= 15 is 0 Å². The molecule has 0 aliphatic carbocycles. The molecule has 6 nitrogen and oxygen atoms in total. The molecule has 0 saturated carbocycles.